The number of pyridine rings is 1. The molecule has 0 bridgehead atoms. The van der Waals surface area contributed by atoms with Crippen LogP contribution >= 0.6 is 0 Å². The molecule has 0 saturated heterocycles. The topological polar surface area (TPSA) is 27.7 Å². The Morgan fingerprint density at radius 2 is 1.14 bits per heavy atom. The van der Waals surface area contributed by atoms with Crippen molar-refractivity contribution in [2.75, 3.05) is 0 Å². The zero-order chi connectivity index (χ0) is 36.9. The third-order valence-electron chi connectivity index (χ3n) is 10.9. The van der Waals surface area contributed by atoms with Crippen molar-refractivity contribution >= 4 is 32.8 Å². The minimum Gasteiger partial charge on any atom is -0.319 e. The summed E-state index contributed by atoms with van der Waals surface area (Å²) in [5.74, 6) is 0.859. The monoisotopic (exact) mass is 900 g/mol. The van der Waals surface area contributed by atoms with Crippen molar-refractivity contribution in [1.29, 1.82) is 0 Å². The van der Waals surface area contributed by atoms with Crippen molar-refractivity contribution in [2.24, 2.45) is 0 Å². The average molecular weight is 901 g/mol. The van der Waals surface area contributed by atoms with Crippen LogP contribution in [0.1, 0.15) is 25.0 Å². The molecule has 0 aliphatic carbocycles. The summed E-state index contributed by atoms with van der Waals surface area (Å²) in [6.45, 7) is 4.54. The molecule has 4 nitrogen and oxygen atoms in total. The maximum Gasteiger partial charge on any atom is 0.168 e. The number of fused-ring (bicyclic) bond motifs is 4. The molecule has 0 fully saturated rings. The van der Waals surface area contributed by atoms with Gasteiger partial charge in [-0.25, -0.2) is 9.55 Å². The third kappa shape index (κ3) is 5.98. The van der Waals surface area contributed by atoms with Gasteiger partial charge in [0.2, 0.25) is 0 Å². The van der Waals surface area contributed by atoms with Crippen LogP contribution in [0.15, 0.2) is 188 Å². The van der Waals surface area contributed by atoms with Gasteiger partial charge in [0.25, 0.3) is 0 Å². The van der Waals surface area contributed by atoms with Crippen LogP contribution < -0.4 is 0 Å². The Morgan fingerprint density at radius 1 is 0.518 bits per heavy atom. The predicted octanol–water partition coefficient (Wildman–Crippen LogP) is 12.5. The van der Waals surface area contributed by atoms with E-state index in [1.807, 2.05) is 6.20 Å². The molecule has 10 rings (SSSR count). The SMILES string of the molecule is CC(C)(c1[c-]c(-n2[cH+]n(-c3ccccc3)c3ccccc32)ccc1)c1[c-]c2c(cc1)c1ccccc1n2-c1cc(-c2ccccc2-c2ccccc2)ccn1.[Pt]. The van der Waals surface area contributed by atoms with Crippen molar-refractivity contribution < 1.29 is 21.1 Å². The Morgan fingerprint density at radius 3 is 1.91 bits per heavy atom. The Bertz CT molecular complexity index is 3010. The molecule has 0 amide bonds. The zero-order valence-electron chi connectivity index (χ0n) is 31.0. The van der Waals surface area contributed by atoms with E-state index in [4.69, 9.17) is 4.98 Å². The maximum absolute atomic E-state index is 4.99. The maximum atomic E-state index is 4.99. The second kappa shape index (κ2) is 14.4. The fourth-order valence-corrected chi connectivity index (χ4v) is 8.01. The Balaban J connectivity index is 0.00000410. The van der Waals surface area contributed by atoms with Crippen molar-refractivity contribution in [2.45, 2.75) is 19.3 Å². The minimum atomic E-state index is -0.409. The molecule has 5 heteroatoms. The molecular weight excluding hydrogens is 864 g/mol. The van der Waals surface area contributed by atoms with Gasteiger partial charge in [0.05, 0.1) is 0 Å². The van der Waals surface area contributed by atoms with Crippen LogP contribution in [0.3, 0.4) is 0 Å². The summed E-state index contributed by atoms with van der Waals surface area (Å²) in [7, 11) is 0. The van der Waals surface area contributed by atoms with Crippen molar-refractivity contribution in [3.05, 3.63) is 212 Å². The first kappa shape index (κ1) is 35.4. The van der Waals surface area contributed by atoms with E-state index in [0.717, 1.165) is 61.3 Å². The van der Waals surface area contributed by atoms with E-state index in [1.165, 1.54) is 22.1 Å². The van der Waals surface area contributed by atoms with E-state index < -0.39 is 5.41 Å². The van der Waals surface area contributed by atoms with E-state index in [-0.39, 0.29) is 21.1 Å². The van der Waals surface area contributed by atoms with Crippen LogP contribution in [0, 0.1) is 12.1 Å². The number of rotatable bonds is 7. The van der Waals surface area contributed by atoms with E-state index in [0.29, 0.717) is 0 Å². The average Bonchev–Trinajstić information content (AvgIpc) is 3.81. The van der Waals surface area contributed by atoms with Crippen molar-refractivity contribution in [3.63, 3.8) is 0 Å². The number of imidazole rings is 1. The summed E-state index contributed by atoms with van der Waals surface area (Å²) in [4.78, 5) is 4.99. The second-order valence-electron chi connectivity index (χ2n) is 14.6. The summed E-state index contributed by atoms with van der Waals surface area (Å²) in [5, 5.41) is 2.32. The van der Waals surface area contributed by atoms with Crippen molar-refractivity contribution in [1.82, 2.24) is 18.7 Å². The molecule has 56 heavy (non-hydrogen) atoms. The standard InChI is InChI=1S/C51H37N4.Pt/c1-51(2,38-18-15-21-41(33-38)54-35-53(40-19-7-4-8-20-40)47-26-13-14-27-48(47)54)39-28-29-45-44-24-11-12-25-46(44)55(49(45)34-39)50-32-37(30-31-52-50)43-23-10-9-22-42(43)36-16-5-3-6-17-36;/h3-32,35H,1-2H3;/q-1;. The van der Waals surface area contributed by atoms with Gasteiger partial charge < -0.3 is 4.57 Å². The van der Waals surface area contributed by atoms with Crippen LogP contribution in [-0.4, -0.2) is 18.7 Å². The Labute approximate surface area is 341 Å². The summed E-state index contributed by atoms with van der Waals surface area (Å²) in [5.41, 5.74) is 12.9. The normalized spacial score (nSPS) is 11.6. The molecule has 7 aromatic carbocycles. The number of hydrogen-bond acceptors (Lipinski definition) is 1. The van der Waals surface area contributed by atoms with Crippen LogP contribution in [0.2, 0.25) is 0 Å². The predicted molar refractivity (Wildman–Crippen MR) is 226 cm³/mol. The Hall–Kier alpha value is -6.35. The Kier molecular flexibility index (Phi) is 9.08. The van der Waals surface area contributed by atoms with Gasteiger partial charge in [-0.05, 0) is 63.4 Å². The number of benzene rings is 7. The number of para-hydroxylation sites is 4. The van der Waals surface area contributed by atoms with Crippen LogP contribution in [-0.2, 0) is 26.5 Å². The molecule has 0 aliphatic heterocycles. The van der Waals surface area contributed by atoms with E-state index in [1.54, 1.807) is 0 Å². The van der Waals surface area contributed by atoms with Crippen LogP contribution in [0.4, 0.5) is 0 Å². The number of nitrogens with zero attached hydrogens (tertiary/aromatic N) is 4. The van der Waals surface area contributed by atoms with Gasteiger partial charge in [0.1, 0.15) is 11.5 Å². The first-order valence-electron chi connectivity index (χ1n) is 18.7. The van der Waals surface area contributed by atoms with Crippen LogP contribution in [0.25, 0.3) is 72.3 Å². The molecule has 0 atom stereocenters. The molecular formula is C51H37N4Pt-. The number of hydrogen-bond donors (Lipinski definition) is 0. The van der Waals surface area contributed by atoms with Gasteiger partial charge in [-0.2, -0.15) is 40.5 Å². The summed E-state index contributed by atoms with van der Waals surface area (Å²) in [6.07, 6.45) is 4.09. The van der Waals surface area contributed by atoms with Crippen LogP contribution in [0.5, 0.6) is 0 Å². The molecule has 3 heterocycles. The first-order valence-corrected chi connectivity index (χ1v) is 18.7. The van der Waals surface area contributed by atoms with Gasteiger partial charge in [0.15, 0.2) is 17.4 Å². The number of aromatic nitrogens is 4. The summed E-state index contributed by atoms with van der Waals surface area (Å²) in [6, 6.07) is 69.8. The summed E-state index contributed by atoms with van der Waals surface area (Å²) < 4.78 is 6.75. The third-order valence-corrected chi connectivity index (χ3v) is 10.9. The zero-order valence-corrected chi connectivity index (χ0v) is 33.3. The van der Waals surface area contributed by atoms with Crippen molar-refractivity contribution in [3.8, 4) is 39.4 Å². The van der Waals surface area contributed by atoms with E-state index in [9.17, 15) is 0 Å². The molecule has 0 radical (unpaired) electrons. The molecule has 0 unspecified atom stereocenters. The fraction of sp³-hybridized carbons (Fsp3) is 0.0588. The largest absolute Gasteiger partial charge is 0.319 e. The van der Waals surface area contributed by atoms with Gasteiger partial charge in [-0.1, -0.05) is 122 Å². The first-order chi connectivity index (χ1) is 27.0. The minimum absolute atomic E-state index is 0. The van der Waals surface area contributed by atoms with E-state index in [2.05, 4.69) is 222 Å². The van der Waals surface area contributed by atoms with Gasteiger partial charge in [-0.15, -0.1) is 23.1 Å². The molecule has 0 aliphatic rings. The molecule has 0 spiro atoms. The molecule has 272 valence electrons. The van der Waals surface area contributed by atoms with Gasteiger partial charge >= 0.3 is 0 Å². The fourth-order valence-electron chi connectivity index (χ4n) is 8.01. The molecule has 0 N–H and O–H groups in total. The quantitative estimate of drug-likeness (QED) is 0.146. The van der Waals surface area contributed by atoms with Gasteiger partial charge in [0, 0.05) is 50.6 Å². The molecule has 3 aromatic heterocycles. The molecule has 0 saturated carbocycles. The summed E-state index contributed by atoms with van der Waals surface area (Å²) >= 11 is 0. The second-order valence-corrected chi connectivity index (χ2v) is 14.6. The molecule has 10 aromatic rings. The smallest absolute Gasteiger partial charge is 0.168 e. The van der Waals surface area contributed by atoms with Gasteiger partial charge in [-0.3, -0.25) is 0 Å². The van der Waals surface area contributed by atoms with E-state index >= 15 is 0 Å².